The molecular formula is C26H29ClN6O2. The van der Waals surface area contributed by atoms with Crippen molar-refractivity contribution in [2.45, 2.75) is 39.7 Å². The van der Waals surface area contributed by atoms with Crippen molar-refractivity contribution in [2.24, 2.45) is 5.92 Å². The van der Waals surface area contributed by atoms with Crippen LogP contribution in [-0.2, 0) is 0 Å². The molecule has 182 valence electrons. The number of benzene rings is 2. The minimum Gasteiger partial charge on any atom is -0.423 e. The molecule has 2 aromatic carbocycles. The molecule has 2 atom stereocenters. The lowest BCUT2D eigenvalue weighted by Gasteiger charge is -2.35. The van der Waals surface area contributed by atoms with Crippen LogP contribution in [0.15, 0.2) is 53.2 Å². The van der Waals surface area contributed by atoms with Crippen LogP contribution in [0.3, 0.4) is 0 Å². The van der Waals surface area contributed by atoms with Crippen LogP contribution in [0.25, 0.3) is 16.8 Å². The Bertz CT molecular complexity index is 1340. The molecular weight excluding hydrogens is 464 g/mol. The van der Waals surface area contributed by atoms with E-state index < -0.39 is 0 Å². The first kappa shape index (κ1) is 23.4. The maximum absolute atomic E-state index is 14.1. The Balaban J connectivity index is 1.49. The van der Waals surface area contributed by atoms with Crippen LogP contribution >= 0.6 is 11.6 Å². The maximum atomic E-state index is 14.1. The minimum atomic E-state index is -0.00690. The molecule has 1 aliphatic rings. The fourth-order valence-electron chi connectivity index (χ4n) is 4.71. The third-order valence-electron chi connectivity index (χ3n) is 6.82. The first-order chi connectivity index (χ1) is 16.9. The summed E-state index contributed by atoms with van der Waals surface area (Å²) in [5.41, 5.74) is 3.76. The number of aromatic nitrogens is 4. The smallest absolute Gasteiger partial charge is 0.298 e. The van der Waals surface area contributed by atoms with E-state index in [1.165, 1.54) is 4.80 Å². The molecule has 0 spiro atoms. The van der Waals surface area contributed by atoms with Crippen molar-refractivity contribution >= 4 is 34.6 Å². The van der Waals surface area contributed by atoms with Gasteiger partial charge in [-0.1, -0.05) is 43.5 Å². The highest BCUT2D eigenvalue weighted by atomic mass is 35.5. The number of anilines is 1. The predicted molar refractivity (Wildman–Crippen MR) is 136 cm³/mol. The first-order valence-electron chi connectivity index (χ1n) is 12.0. The van der Waals surface area contributed by atoms with Crippen molar-refractivity contribution in [1.82, 2.24) is 24.9 Å². The van der Waals surface area contributed by atoms with Crippen molar-refractivity contribution < 1.29 is 9.21 Å². The van der Waals surface area contributed by atoms with Crippen molar-refractivity contribution in [2.75, 3.05) is 24.5 Å². The van der Waals surface area contributed by atoms with E-state index >= 15 is 0 Å². The molecule has 9 heteroatoms. The second-order valence-electron chi connectivity index (χ2n) is 9.20. The fourth-order valence-corrected chi connectivity index (χ4v) is 4.88. The van der Waals surface area contributed by atoms with Crippen LogP contribution in [0, 0.1) is 12.8 Å². The van der Waals surface area contributed by atoms with Gasteiger partial charge in [0.1, 0.15) is 5.52 Å². The quantitative estimate of drug-likeness (QED) is 0.384. The highest BCUT2D eigenvalue weighted by Gasteiger charge is 2.34. The van der Waals surface area contributed by atoms with E-state index in [0.717, 1.165) is 30.5 Å². The van der Waals surface area contributed by atoms with Gasteiger partial charge in [0.15, 0.2) is 5.58 Å². The summed E-state index contributed by atoms with van der Waals surface area (Å²) in [5.74, 6) is 0.284. The molecule has 8 nitrogen and oxygen atoms in total. The number of halogens is 1. The first-order valence-corrected chi connectivity index (χ1v) is 12.4. The summed E-state index contributed by atoms with van der Waals surface area (Å²) in [5, 5.41) is 9.16. The molecule has 0 bridgehead atoms. The summed E-state index contributed by atoms with van der Waals surface area (Å²) in [7, 11) is 0. The standard InChI is InChI=1S/C26H29ClN6O2/c1-4-18(3)23-16-31(26-30-21-15-19(27)7-9-24(21)35-26)12-5-13-32(23)25(34)20-14-17(2)6-8-22(20)33-28-10-11-29-33/h6-11,14-15,18,23H,4-5,12-13,16H2,1-3H3/t18-,23+/m0/s1. The zero-order valence-corrected chi connectivity index (χ0v) is 20.9. The Morgan fingerprint density at radius 3 is 2.74 bits per heavy atom. The van der Waals surface area contributed by atoms with Gasteiger partial charge in [-0.25, -0.2) is 0 Å². The van der Waals surface area contributed by atoms with Crippen LogP contribution in [0.4, 0.5) is 6.01 Å². The molecule has 1 aliphatic heterocycles. The van der Waals surface area contributed by atoms with Gasteiger partial charge < -0.3 is 14.2 Å². The zero-order chi connectivity index (χ0) is 24.5. The average Bonchev–Trinajstić information content (AvgIpc) is 3.48. The number of fused-ring (bicyclic) bond motifs is 1. The van der Waals surface area contributed by atoms with Gasteiger partial charge in [0.25, 0.3) is 11.9 Å². The van der Waals surface area contributed by atoms with Crippen molar-refractivity contribution in [1.29, 1.82) is 0 Å². The molecule has 3 heterocycles. The molecule has 35 heavy (non-hydrogen) atoms. The summed E-state index contributed by atoms with van der Waals surface area (Å²) in [6, 6.07) is 11.8. The second-order valence-corrected chi connectivity index (χ2v) is 9.64. The minimum absolute atomic E-state index is 0.00232. The molecule has 1 amide bonds. The van der Waals surface area contributed by atoms with E-state index in [1.807, 2.05) is 42.2 Å². The number of aryl methyl sites for hydroxylation is 1. The SMILES string of the molecule is CC[C@H](C)[C@H]1CN(c2nc3cc(Cl)ccc3o2)CCCN1C(=O)c1cc(C)ccc1-n1nccn1. The molecule has 1 saturated heterocycles. The zero-order valence-electron chi connectivity index (χ0n) is 20.2. The van der Waals surface area contributed by atoms with Crippen molar-refractivity contribution in [3.8, 4) is 5.69 Å². The second kappa shape index (κ2) is 9.70. The summed E-state index contributed by atoms with van der Waals surface area (Å²) in [4.78, 5) is 24.4. The molecule has 4 aromatic rings. The molecule has 0 N–H and O–H groups in total. The monoisotopic (exact) mass is 492 g/mol. The third kappa shape index (κ3) is 4.62. The summed E-state index contributed by atoms with van der Waals surface area (Å²) in [6.07, 6.45) is 4.99. The number of carbonyl (C=O) groups excluding carboxylic acids is 1. The number of oxazole rings is 1. The Kier molecular flexibility index (Phi) is 6.47. The lowest BCUT2D eigenvalue weighted by molar-refractivity contribution is 0.0637. The molecule has 0 aliphatic carbocycles. The molecule has 2 aromatic heterocycles. The van der Waals surface area contributed by atoms with E-state index in [0.29, 0.717) is 41.0 Å². The predicted octanol–water partition coefficient (Wildman–Crippen LogP) is 5.14. The van der Waals surface area contributed by atoms with Gasteiger partial charge in [0, 0.05) is 24.7 Å². The molecule has 1 fully saturated rings. The van der Waals surface area contributed by atoms with Crippen LogP contribution in [0.2, 0.25) is 5.02 Å². The lowest BCUT2D eigenvalue weighted by Crippen LogP contribution is -2.48. The number of rotatable bonds is 5. The Morgan fingerprint density at radius 2 is 1.97 bits per heavy atom. The van der Waals surface area contributed by atoms with Crippen LogP contribution in [0.5, 0.6) is 0 Å². The van der Waals surface area contributed by atoms with Gasteiger partial charge in [-0.2, -0.15) is 20.0 Å². The van der Waals surface area contributed by atoms with Crippen molar-refractivity contribution in [3.05, 3.63) is 64.9 Å². The number of carbonyl (C=O) groups is 1. The molecule has 5 rings (SSSR count). The van der Waals surface area contributed by atoms with Crippen LogP contribution in [0.1, 0.15) is 42.6 Å². The van der Waals surface area contributed by atoms with Crippen LogP contribution in [-0.4, -0.2) is 56.5 Å². The number of hydrogen-bond acceptors (Lipinski definition) is 6. The van der Waals surface area contributed by atoms with E-state index in [-0.39, 0.29) is 17.9 Å². The van der Waals surface area contributed by atoms with Crippen LogP contribution < -0.4 is 4.90 Å². The van der Waals surface area contributed by atoms with E-state index in [4.69, 9.17) is 21.0 Å². The average molecular weight is 493 g/mol. The van der Waals surface area contributed by atoms with Crippen molar-refractivity contribution in [3.63, 3.8) is 0 Å². The topological polar surface area (TPSA) is 80.3 Å². The largest absolute Gasteiger partial charge is 0.423 e. The Morgan fingerprint density at radius 1 is 1.17 bits per heavy atom. The van der Waals surface area contributed by atoms with Gasteiger partial charge in [-0.3, -0.25) is 4.79 Å². The van der Waals surface area contributed by atoms with Gasteiger partial charge in [-0.05, 0) is 49.6 Å². The molecule has 0 unspecified atom stereocenters. The number of amides is 1. The van der Waals surface area contributed by atoms with E-state index in [2.05, 4.69) is 28.9 Å². The molecule has 0 saturated carbocycles. The van der Waals surface area contributed by atoms with E-state index in [9.17, 15) is 4.79 Å². The van der Waals surface area contributed by atoms with E-state index in [1.54, 1.807) is 18.5 Å². The summed E-state index contributed by atoms with van der Waals surface area (Å²) < 4.78 is 6.08. The normalized spacial score (nSPS) is 17.5. The van der Waals surface area contributed by atoms with Gasteiger partial charge >= 0.3 is 0 Å². The Labute approximate surface area is 209 Å². The fraction of sp³-hybridized carbons (Fsp3) is 0.385. The van der Waals surface area contributed by atoms with Gasteiger partial charge in [0.2, 0.25) is 0 Å². The maximum Gasteiger partial charge on any atom is 0.298 e. The third-order valence-corrected chi connectivity index (χ3v) is 7.06. The summed E-state index contributed by atoms with van der Waals surface area (Å²) >= 11 is 6.15. The van der Waals surface area contributed by atoms with Gasteiger partial charge in [0.05, 0.1) is 29.7 Å². The summed E-state index contributed by atoms with van der Waals surface area (Å²) in [6.45, 7) is 8.40. The Hall–Kier alpha value is -3.39. The highest BCUT2D eigenvalue weighted by molar-refractivity contribution is 6.31. The number of nitrogens with zero attached hydrogens (tertiary/aromatic N) is 6. The lowest BCUT2D eigenvalue weighted by atomic mass is 9.96. The number of hydrogen-bond donors (Lipinski definition) is 0. The van der Waals surface area contributed by atoms with Gasteiger partial charge in [-0.15, -0.1) is 0 Å². The molecule has 0 radical (unpaired) electrons. The highest BCUT2D eigenvalue weighted by Crippen LogP contribution is 2.29.